The number of piperidine rings is 1. The average molecular weight is 627 g/mol. The Morgan fingerprint density at radius 1 is 1.12 bits per heavy atom. The second-order valence-electron chi connectivity index (χ2n) is 12.9. The number of alkyl carbamates (subject to hydrolysis) is 1. The molecule has 5 N–H and O–H groups in total. The van der Waals surface area contributed by atoms with E-state index < -0.39 is 35.1 Å². The summed E-state index contributed by atoms with van der Waals surface area (Å²) in [5.74, 6) is -0.774. The van der Waals surface area contributed by atoms with Crippen molar-refractivity contribution in [2.24, 2.45) is 11.8 Å². The number of hydrogen-bond donors (Lipinski definition) is 5. The van der Waals surface area contributed by atoms with Gasteiger partial charge in [0.15, 0.2) is 0 Å². The number of nitrogens with one attached hydrogen (secondary N) is 3. The molecule has 43 heavy (non-hydrogen) atoms. The van der Waals surface area contributed by atoms with Crippen LogP contribution < -0.4 is 16.0 Å². The number of carbonyl (C=O) groups is 3. The molecule has 3 atom stereocenters. The molecule has 2 fully saturated rings. The molecule has 0 bridgehead atoms. The largest absolute Gasteiger partial charge is 0.465 e. The smallest absolute Gasteiger partial charge is 0.407 e. The van der Waals surface area contributed by atoms with Crippen molar-refractivity contribution in [3.63, 3.8) is 0 Å². The number of benzene rings is 1. The van der Waals surface area contributed by atoms with E-state index in [0.717, 1.165) is 32.1 Å². The lowest BCUT2D eigenvalue weighted by molar-refractivity contribution is -0.0575. The molecule has 1 saturated heterocycles. The first-order chi connectivity index (χ1) is 20.3. The van der Waals surface area contributed by atoms with Crippen LogP contribution in [0.5, 0.6) is 0 Å². The van der Waals surface area contributed by atoms with E-state index in [9.17, 15) is 19.5 Å². The molecule has 2 aliphatic rings. The lowest BCUT2D eigenvalue weighted by Crippen LogP contribution is -2.53. The van der Waals surface area contributed by atoms with E-state index in [1.54, 1.807) is 31.7 Å². The van der Waals surface area contributed by atoms with Crippen molar-refractivity contribution >= 4 is 29.8 Å². The number of likely N-dealkylation sites (tertiary alicyclic amines) is 1. The molecule has 242 valence electrons. The second-order valence-corrected chi connectivity index (χ2v) is 13.3. The number of rotatable bonds is 11. The molecule has 0 unspecified atom stereocenters. The van der Waals surface area contributed by atoms with E-state index >= 15 is 4.39 Å². The molecule has 0 radical (unpaired) electrons. The maximum atomic E-state index is 15.2. The quantitative estimate of drug-likeness (QED) is 0.191. The molecule has 4 amide bonds. The van der Waals surface area contributed by atoms with Crippen LogP contribution in [-0.4, -0.2) is 71.2 Å². The van der Waals surface area contributed by atoms with Crippen LogP contribution in [0, 0.1) is 17.7 Å². The van der Waals surface area contributed by atoms with Crippen LogP contribution in [0.1, 0.15) is 90.5 Å². The number of carboxylic acid groups (broad SMARTS) is 1. The van der Waals surface area contributed by atoms with Gasteiger partial charge in [0.05, 0.1) is 10.6 Å². The first-order valence-electron chi connectivity index (χ1n) is 15.4. The second kappa shape index (κ2) is 15.8. The van der Waals surface area contributed by atoms with Crippen LogP contribution >= 0.6 is 11.6 Å². The number of urea groups is 1. The SMILES string of the molecule is CC(C)(C)OC(=O)N[C@@H](CNC(=O)N1CCC[C@@H]([C@@](O)(CCCNC(=O)O)c2cccc(Cl)c2F)C1)CC1CCCCC1. The van der Waals surface area contributed by atoms with E-state index in [0.29, 0.717) is 25.3 Å². The minimum atomic E-state index is -1.67. The molecule has 1 aromatic carbocycles. The van der Waals surface area contributed by atoms with Crippen LogP contribution in [0.3, 0.4) is 0 Å². The predicted octanol–water partition coefficient (Wildman–Crippen LogP) is 6.00. The van der Waals surface area contributed by atoms with E-state index in [1.807, 2.05) is 0 Å². The van der Waals surface area contributed by atoms with Gasteiger partial charge in [0, 0.05) is 43.7 Å². The van der Waals surface area contributed by atoms with Gasteiger partial charge < -0.3 is 35.8 Å². The predicted molar refractivity (Wildman–Crippen MR) is 163 cm³/mol. The molecule has 0 spiro atoms. The zero-order valence-electron chi connectivity index (χ0n) is 25.6. The Morgan fingerprint density at radius 3 is 2.51 bits per heavy atom. The molecule has 12 heteroatoms. The van der Waals surface area contributed by atoms with Gasteiger partial charge in [-0.25, -0.2) is 18.8 Å². The highest BCUT2D eigenvalue weighted by molar-refractivity contribution is 6.30. The van der Waals surface area contributed by atoms with Crippen LogP contribution in [0.2, 0.25) is 5.02 Å². The van der Waals surface area contributed by atoms with Crippen molar-refractivity contribution in [3.05, 3.63) is 34.6 Å². The number of amides is 4. The Hall–Kier alpha value is -2.79. The van der Waals surface area contributed by atoms with Crippen molar-refractivity contribution in [2.45, 2.75) is 102 Å². The lowest BCUT2D eigenvalue weighted by atomic mass is 9.74. The van der Waals surface area contributed by atoms with Crippen LogP contribution in [0.25, 0.3) is 0 Å². The Balaban J connectivity index is 1.70. The highest BCUT2D eigenvalue weighted by Crippen LogP contribution is 2.41. The third kappa shape index (κ3) is 10.7. The standard InChI is InChI=1S/C31H48ClFN4O6/c1-30(2,3)43-29(41)36-23(18-21-10-5-4-6-11-21)19-35-27(38)37-17-8-12-22(20-37)31(42,15-9-16-34-28(39)40)24-13-7-14-25(32)26(24)33/h7,13-14,21-23,34,42H,4-6,8-12,15-20H2,1-3H3,(H,35,38)(H,36,41)(H,39,40)/t22-,23-,31+/m1/s1. The molecule has 10 nitrogen and oxygen atoms in total. The molecular formula is C31H48ClFN4O6. The molecule has 3 rings (SSSR count). The summed E-state index contributed by atoms with van der Waals surface area (Å²) in [5.41, 5.74) is -2.28. The Morgan fingerprint density at radius 2 is 1.84 bits per heavy atom. The number of ether oxygens (including phenoxy) is 1. The average Bonchev–Trinajstić information content (AvgIpc) is 2.94. The normalized spacial score (nSPS) is 20.0. The summed E-state index contributed by atoms with van der Waals surface area (Å²) in [4.78, 5) is 38.5. The van der Waals surface area contributed by atoms with Gasteiger partial charge in [0.1, 0.15) is 11.4 Å². The van der Waals surface area contributed by atoms with Gasteiger partial charge in [-0.2, -0.15) is 0 Å². The summed E-state index contributed by atoms with van der Waals surface area (Å²) < 4.78 is 20.7. The summed E-state index contributed by atoms with van der Waals surface area (Å²) in [6.07, 6.45) is 6.24. The minimum absolute atomic E-state index is 0.0386. The zero-order valence-corrected chi connectivity index (χ0v) is 26.4. The van der Waals surface area contributed by atoms with Crippen molar-refractivity contribution in [3.8, 4) is 0 Å². The third-order valence-electron chi connectivity index (χ3n) is 8.38. The van der Waals surface area contributed by atoms with Crippen molar-refractivity contribution in [1.82, 2.24) is 20.9 Å². The van der Waals surface area contributed by atoms with Gasteiger partial charge in [-0.05, 0) is 64.9 Å². The van der Waals surface area contributed by atoms with Crippen LogP contribution in [-0.2, 0) is 10.3 Å². The molecule has 1 heterocycles. The number of nitrogens with zero attached hydrogens (tertiary/aromatic N) is 1. The van der Waals surface area contributed by atoms with Gasteiger partial charge in [-0.3, -0.25) is 0 Å². The van der Waals surface area contributed by atoms with Gasteiger partial charge in [-0.1, -0.05) is 55.8 Å². The first kappa shape index (κ1) is 34.7. The fourth-order valence-electron chi connectivity index (χ4n) is 6.32. The monoisotopic (exact) mass is 626 g/mol. The fraction of sp³-hybridized carbons (Fsp3) is 0.710. The summed E-state index contributed by atoms with van der Waals surface area (Å²) in [6.45, 7) is 6.36. The zero-order chi connectivity index (χ0) is 31.6. The topological polar surface area (TPSA) is 140 Å². The number of halogens is 2. The Kier molecular flexibility index (Phi) is 12.7. The van der Waals surface area contributed by atoms with Gasteiger partial charge in [-0.15, -0.1) is 0 Å². The van der Waals surface area contributed by atoms with Gasteiger partial charge in [0.25, 0.3) is 0 Å². The van der Waals surface area contributed by atoms with Crippen molar-refractivity contribution < 1.29 is 33.7 Å². The number of aliphatic hydroxyl groups is 1. The molecule has 0 aromatic heterocycles. The summed E-state index contributed by atoms with van der Waals surface area (Å²) in [5, 5.41) is 29.0. The van der Waals surface area contributed by atoms with E-state index in [2.05, 4.69) is 16.0 Å². The molecule has 1 saturated carbocycles. The Labute approximate surface area is 259 Å². The minimum Gasteiger partial charge on any atom is -0.465 e. The number of hydrogen-bond acceptors (Lipinski definition) is 5. The van der Waals surface area contributed by atoms with Gasteiger partial charge >= 0.3 is 18.2 Å². The highest BCUT2D eigenvalue weighted by atomic mass is 35.5. The van der Waals surface area contributed by atoms with Crippen molar-refractivity contribution in [1.29, 1.82) is 0 Å². The molecule has 1 aliphatic heterocycles. The van der Waals surface area contributed by atoms with Crippen LogP contribution in [0.4, 0.5) is 18.8 Å². The summed E-state index contributed by atoms with van der Waals surface area (Å²) in [7, 11) is 0. The third-order valence-corrected chi connectivity index (χ3v) is 8.67. The lowest BCUT2D eigenvalue weighted by Gasteiger charge is -2.43. The number of carbonyl (C=O) groups excluding carboxylic acids is 2. The van der Waals surface area contributed by atoms with E-state index in [-0.39, 0.29) is 55.1 Å². The van der Waals surface area contributed by atoms with Gasteiger partial charge in [0.2, 0.25) is 0 Å². The molecule has 1 aliphatic carbocycles. The summed E-state index contributed by atoms with van der Waals surface area (Å²) >= 11 is 6.06. The maximum absolute atomic E-state index is 15.2. The first-order valence-corrected chi connectivity index (χ1v) is 15.8. The fourth-order valence-corrected chi connectivity index (χ4v) is 6.49. The maximum Gasteiger partial charge on any atom is 0.407 e. The van der Waals surface area contributed by atoms with Crippen molar-refractivity contribution in [2.75, 3.05) is 26.2 Å². The molecule has 1 aromatic rings. The summed E-state index contributed by atoms with van der Waals surface area (Å²) in [6, 6.07) is 3.83. The van der Waals surface area contributed by atoms with Crippen LogP contribution in [0.15, 0.2) is 18.2 Å². The molecular weight excluding hydrogens is 579 g/mol. The van der Waals surface area contributed by atoms with E-state index in [1.165, 1.54) is 18.6 Å². The highest BCUT2D eigenvalue weighted by Gasteiger charge is 2.43. The van der Waals surface area contributed by atoms with E-state index in [4.69, 9.17) is 21.4 Å². The Bertz CT molecular complexity index is 1100.